The molecule has 0 N–H and O–H groups in total. The zero-order valence-electron chi connectivity index (χ0n) is 8.24. The Kier molecular flexibility index (Phi) is 3.21. The van der Waals surface area contributed by atoms with Crippen LogP contribution in [0.25, 0.3) is 0 Å². The van der Waals surface area contributed by atoms with Gasteiger partial charge >= 0.3 is 0 Å². The maximum absolute atomic E-state index is 12.0. The number of hydrogen-bond acceptors (Lipinski definition) is 2. The second-order valence-electron chi connectivity index (χ2n) is 3.81. The van der Waals surface area contributed by atoms with Crippen LogP contribution in [0.3, 0.4) is 0 Å². The van der Waals surface area contributed by atoms with Crippen molar-refractivity contribution in [3.05, 3.63) is 22.6 Å². The summed E-state index contributed by atoms with van der Waals surface area (Å²) < 4.78 is 5.57. The van der Waals surface area contributed by atoms with Crippen molar-refractivity contribution in [2.24, 2.45) is 5.92 Å². The quantitative estimate of drug-likeness (QED) is 0.739. The largest absolute Gasteiger partial charge is 0.457 e. The smallest absolute Gasteiger partial charge is 0.258 e. The second kappa shape index (κ2) is 4.29. The van der Waals surface area contributed by atoms with Crippen LogP contribution in [-0.4, -0.2) is 28.7 Å². The molecule has 0 aliphatic carbocycles. The minimum Gasteiger partial charge on any atom is -0.457 e. The molecule has 1 fully saturated rings. The van der Waals surface area contributed by atoms with Gasteiger partial charge in [0.05, 0.1) is 11.8 Å². The topological polar surface area (TPSA) is 33.5 Å². The average molecular weight is 337 g/mol. The highest BCUT2D eigenvalue weighted by atomic mass is 79.9. The Labute approximate surface area is 105 Å². The monoisotopic (exact) mass is 335 g/mol. The molecular formula is C10H11Br2NO2. The molecule has 0 radical (unpaired) electrons. The molecule has 1 saturated heterocycles. The summed E-state index contributed by atoms with van der Waals surface area (Å²) in [7, 11) is 0. The minimum absolute atomic E-state index is 0.0319. The van der Waals surface area contributed by atoms with Crippen LogP contribution < -0.4 is 0 Å². The van der Waals surface area contributed by atoms with Crippen LogP contribution in [0, 0.1) is 5.92 Å². The highest BCUT2D eigenvalue weighted by molar-refractivity contribution is 9.10. The molecule has 2 rings (SSSR count). The summed E-state index contributed by atoms with van der Waals surface area (Å²) in [6, 6.07) is 1.69. The van der Waals surface area contributed by atoms with E-state index in [0.717, 1.165) is 13.1 Å². The van der Waals surface area contributed by atoms with Crippen LogP contribution in [0.1, 0.15) is 17.3 Å². The van der Waals surface area contributed by atoms with Gasteiger partial charge in [0.25, 0.3) is 5.91 Å². The lowest BCUT2D eigenvalue weighted by Crippen LogP contribution is -2.28. The summed E-state index contributed by atoms with van der Waals surface area (Å²) >= 11 is 6.78. The number of carbonyl (C=O) groups is 1. The maximum Gasteiger partial charge on any atom is 0.258 e. The maximum atomic E-state index is 12.0. The van der Waals surface area contributed by atoms with E-state index in [1.165, 1.54) is 6.26 Å². The first-order valence-electron chi connectivity index (χ1n) is 4.76. The van der Waals surface area contributed by atoms with Crippen molar-refractivity contribution in [3.63, 3.8) is 0 Å². The molecule has 1 aromatic heterocycles. The Balaban J connectivity index is 2.13. The molecule has 5 heteroatoms. The summed E-state index contributed by atoms with van der Waals surface area (Å²) in [5.41, 5.74) is 0.601. The summed E-state index contributed by atoms with van der Waals surface area (Å²) in [6.45, 7) is 3.70. The number of carbonyl (C=O) groups excluding carboxylic acids is 1. The molecule has 1 aromatic rings. The highest BCUT2D eigenvalue weighted by Gasteiger charge is 2.32. The third kappa shape index (κ3) is 2.13. The molecule has 0 spiro atoms. The van der Waals surface area contributed by atoms with Gasteiger partial charge < -0.3 is 9.32 Å². The van der Waals surface area contributed by atoms with Gasteiger partial charge in [-0.15, -0.1) is 0 Å². The van der Waals surface area contributed by atoms with Gasteiger partial charge in [0.15, 0.2) is 4.67 Å². The molecule has 0 aromatic carbocycles. The van der Waals surface area contributed by atoms with Crippen molar-refractivity contribution in [1.29, 1.82) is 0 Å². The fourth-order valence-electron chi connectivity index (χ4n) is 1.71. The van der Waals surface area contributed by atoms with Crippen molar-refractivity contribution in [3.8, 4) is 0 Å². The molecule has 1 aliphatic heterocycles. The van der Waals surface area contributed by atoms with Gasteiger partial charge in [0.2, 0.25) is 0 Å². The SMILES string of the molecule is CC1CN(C(=O)c2ccoc2Br)CC1Br. The first kappa shape index (κ1) is 11.2. The summed E-state index contributed by atoms with van der Waals surface area (Å²) in [4.78, 5) is 14.3. The van der Waals surface area contributed by atoms with Gasteiger partial charge in [0, 0.05) is 17.9 Å². The number of nitrogens with zero attached hydrogens (tertiary/aromatic N) is 1. The number of rotatable bonds is 1. The molecule has 0 saturated carbocycles. The van der Waals surface area contributed by atoms with Crippen LogP contribution in [-0.2, 0) is 0 Å². The number of alkyl halides is 1. The fraction of sp³-hybridized carbons (Fsp3) is 0.500. The zero-order valence-corrected chi connectivity index (χ0v) is 11.4. The summed E-state index contributed by atoms with van der Waals surface area (Å²) in [5, 5.41) is 0. The van der Waals surface area contributed by atoms with Crippen molar-refractivity contribution in [1.82, 2.24) is 4.90 Å². The van der Waals surface area contributed by atoms with E-state index in [-0.39, 0.29) is 5.91 Å². The van der Waals surface area contributed by atoms with Crippen LogP contribution in [0.4, 0.5) is 0 Å². The van der Waals surface area contributed by atoms with E-state index in [1.54, 1.807) is 6.07 Å². The average Bonchev–Trinajstić information content (AvgIpc) is 2.74. The van der Waals surface area contributed by atoms with Gasteiger partial charge in [-0.2, -0.15) is 0 Å². The van der Waals surface area contributed by atoms with E-state index in [2.05, 4.69) is 38.8 Å². The normalized spacial score (nSPS) is 25.9. The van der Waals surface area contributed by atoms with Gasteiger partial charge in [-0.25, -0.2) is 0 Å². The van der Waals surface area contributed by atoms with E-state index in [0.29, 0.717) is 21.0 Å². The number of likely N-dealkylation sites (tertiary alicyclic amines) is 1. The Bertz CT molecular complexity index is 367. The predicted molar refractivity (Wildman–Crippen MR) is 64.2 cm³/mol. The van der Waals surface area contributed by atoms with Gasteiger partial charge in [-0.1, -0.05) is 22.9 Å². The molecule has 2 heterocycles. The van der Waals surface area contributed by atoms with E-state index >= 15 is 0 Å². The van der Waals surface area contributed by atoms with Crippen LogP contribution in [0.5, 0.6) is 0 Å². The molecule has 2 unspecified atom stereocenters. The van der Waals surface area contributed by atoms with Crippen LogP contribution in [0.15, 0.2) is 21.4 Å². The lowest BCUT2D eigenvalue weighted by Gasteiger charge is -2.14. The highest BCUT2D eigenvalue weighted by Crippen LogP contribution is 2.26. The van der Waals surface area contributed by atoms with Crippen molar-refractivity contribution in [2.45, 2.75) is 11.8 Å². The second-order valence-corrected chi connectivity index (χ2v) is 5.71. The number of halogens is 2. The Hall–Kier alpha value is -0.290. The van der Waals surface area contributed by atoms with Crippen LogP contribution >= 0.6 is 31.9 Å². The van der Waals surface area contributed by atoms with Gasteiger partial charge in [-0.3, -0.25) is 4.79 Å². The standard InChI is InChI=1S/C10H11Br2NO2/c1-6-4-13(5-8(6)11)10(14)7-2-3-15-9(7)12/h2-3,6,8H,4-5H2,1H3. The number of furan rings is 1. The third-order valence-corrected chi connectivity index (χ3v) is 4.46. The van der Waals surface area contributed by atoms with E-state index in [4.69, 9.17) is 4.42 Å². The third-order valence-electron chi connectivity index (χ3n) is 2.66. The molecule has 2 atom stereocenters. The number of hydrogen-bond donors (Lipinski definition) is 0. The Morgan fingerprint density at radius 3 is 2.80 bits per heavy atom. The first-order chi connectivity index (χ1) is 7.09. The molecule has 15 heavy (non-hydrogen) atoms. The lowest BCUT2D eigenvalue weighted by atomic mass is 10.2. The van der Waals surface area contributed by atoms with Crippen molar-refractivity contribution < 1.29 is 9.21 Å². The number of amides is 1. The van der Waals surface area contributed by atoms with Gasteiger partial charge in [-0.05, 0) is 27.9 Å². The molecule has 1 amide bonds. The zero-order chi connectivity index (χ0) is 11.0. The predicted octanol–water partition coefficient (Wildman–Crippen LogP) is 2.90. The van der Waals surface area contributed by atoms with Crippen molar-refractivity contribution in [2.75, 3.05) is 13.1 Å². The minimum atomic E-state index is 0.0319. The van der Waals surface area contributed by atoms with Crippen LogP contribution in [0.2, 0.25) is 0 Å². The molecule has 1 aliphatic rings. The van der Waals surface area contributed by atoms with Gasteiger partial charge in [0.1, 0.15) is 0 Å². The Morgan fingerprint density at radius 1 is 1.60 bits per heavy atom. The first-order valence-corrected chi connectivity index (χ1v) is 6.47. The fourth-order valence-corrected chi connectivity index (χ4v) is 2.64. The summed E-state index contributed by atoms with van der Waals surface area (Å²) in [5.74, 6) is 0.532. The molecule has 3 nitrogen and oxygen atoms in total. The van der Waals surface area contributed by atoms with Crippen molar-refractivity contribution >= 4 is 37.8 Å². The molecular weight excluding hydrogens is 326 g/mol. The molecule has 82 valence electrons. The van der Waals surface area contributed by atoms with E-state index in [9.17, 15) is 4.79 Å². The summed E-state index contributed by atoms with van der Waals surface area (Å²) in [6.07, 6.45) is 1.52. The van der Waals surface area contributed by atoms with E-state index < -0.39 is 0 Å². The van der Waals surface area contributed by atoms with E-state index in [1.807, 2.05) is 4.90 Å². The molecule has 0 bridgehead atoms. The lowest BCUT2D eigenvalue weighted by molar-refractivity contribution is 0.0786. The Morgan fingerprint density at radius 2 is 2.33 bits per heavy atom.